The highest BCUT2D eigenvalue weighted by Gasteiger charge is 2.41. The van der Waals surface area contributed by atoms with E-state index in [9.17, 15) is 19.2 Å². The molecule has 2 aromatic heterocycles. The lowest BCUT2D eigenvalue weighted by Gasteiger charge is -2.40. The van der Waals surface area contributed by atoms with Gasteiger partial charge in [0.15, 0.2) is 23.0 Å². The van der Waals surface area contributed by atoms with E-state index in [-0.39, 0.29) is 22.9 Å². The first-order valence-corrected chi connectivity index (χ1v) is 24.7. The molecule has 16 heteroatoms. The van der Waals surface area contributed by atoms with Gasteiger partial charge in [-0.05, 0) is 137 Å². The van der Waals surface area contributed by atoms with E-state index < -0.39 is 10.8 Å². The molecule has 16 nitrogen and oxygen atoms in total. The number of rotatable bonds is 14. The molecule has 4 aliphatic rings. The molecule has 2 amide bonds. The molecule has 0 saturated carbocycles. The van der Waals surface area contributed by atoms with Crippen molar-refractivity contribution in [3.8, 4) is 23.0 Å². The predicted molar refractivity (Wildman–Crippen MR) is 268 cm³/mol. The van der Waals surface area contributed by atoms with Crippen molar-refractivity contribution in [2.75, 3.05) is 79.8 Å². The number of fused-ring (bicyclic) bond motifs is 4. The number of ether oxygens (including phenoxy) is 4. The summed E-state index contributed by atoms with van der Waals surface area (Å²) in [5, 5.41) is 5.81. The molecule has 6 aromatic rings. The summed E-state index contributed by atoms with van der Waals surface area (Å²) in [5.41, 5.74) is 4.73. The minimum atomic E-state index is -0.390. The Morgan fingerprint density at radius 1 is 0.529 bits per heavy atom. The number of likely N-dealkylation sites (tertiary alicyclic amines) is 2. The summed E-state index contributed by atoms with van der Waals surface area (Å²) in [6.45, 7) is 8.32. The highest BCUT2D eigenvalue weighted by molar-refractivity contribution is 5.83. The highest BCUT2D eigenvalue weighted by atomic mass is 16.6. The third-order valence-corrected chi connectivity index (χ3v) is 14.8. The Morgan fingerprint density at radius 2 is 0.914 bits per heavy atom. The van der Waals surface area contributed by atoms with Crippen LogP contribution in [0.15, 0.2) is 107 Å². The Balaban J connectivity index is 0.000000174. The van der Waals surface area contributed by atoms with Crippen molar-refractivity contribution in [2.45, 2.75) is 64.5 Å². The predicted octanol–water partition coefficient (Wildman–Crippen LogP) is 5.26. The number of aromatic nitrogens is 4. The largest absolute Gasteiger partial charge is 0.486 e. The van der Waals surface area contributed by atoms with Crippen molar-refractivity contribution >= 4 is 33.9 Å². The molecular formula is C54H64N8O8. The molecule has 2 saturated heterocycles. The second-order valence-electron chi connectivity index (χ2n) is 18.8. The van der Waals surface area contributed by atoms with Gasteiger partial charge in [0.2, 0.25) is 11.8 Å². The molecule has 0 bridgehead atoms. The summed E-state index contributed by atoms with van der Waals surface area (Å²) in [6.07, 6.45) is 9.16. The zero-order valence-corrected chi connectivity index (χ0v) is 40.3. The molecule has 2 N–H and O–H groups in total. The Morgan fingerprint density at radius 3 is 1.31 bits per heavy atom. The second kappa shape index (κ2) is 21.9. The molecule has 0 spiro atoms. The van der Waals surface area contributed by atoms with E-state index in [1.54, 1.807) is 23.2 Å². The summed E-state index contributed by atoms with van der Waals surface area (Å²) in [5.74, 6) is 3.38. The smallest absolute Gasteiger partial charge is 0.269 e. The Labute approximate surface area is 407 Å². The third kappa shape index (κ3) is 10.8. The van der Waals surface area contributed by atoms with Crippen molar-refractivity contribution in [3.05, 3.63) is 129 Å². The normalized spacial score (nSPS) is 17.3. The van der Waals surface area contributed by atoms with E-state index in [0.29, 0.717) is 39.5 Å². The maximum Gasteiger partial charge on any atom is 0.269 e. The minimum Gasteiger partial charge on any atom is -0.486 e. The van der Waals surface area contributed by atoms with E-state index in [1.807, 2.05) is 72.8 Å². The average Bonchev–Trinajstić information content (AvgIpc) is 3.41. The number of benzene rings is 4. The lowest BCUT2D eigenvalue weighted by atomic mass is 9.73. The number of aryl methyl sites for hydroxylation is 2. The van der Waals surface area contributed by atoms with E-state index in [2.05, 4.69) is 42.5 Å². The second-order valence-corrected chi connectivity index (χ2v) is 18.8. The number of carbonyl (C=O) groups excluding carboxylic acids is 2. The lowest BCUT2D eigenvalue weighted by molar-refractivity contribution is -0.134. The van der Waals surface area contributed by atoms with Crippen molar-refractivity contribution in [1.29, 1.82) is 0 Å². The Bertz CT molecular complexity index is 2720. The van der Waals surface area contributed by atoms with Crippen molar-refractivity contribution in [1.82, 2.24) is 39.5 Å². The van der Waals surface area contributed by atoms with Gasteiger partial charge < -0.3 is 48.5 Å². The molecule has 2 fully saturated rings. The molecule has 368 valence electrons. The number of nitrogens with zero attached hydrogens (tertiary/aromatic N) is 6. The lowest BCUT2D eigenvalue weighted by Crippen LogP contribution is -2.49. The van der Waals surface area contributed by atoms with Crippen molar-refractivity contribution in [3.63, 3.8) is 0 Å². The average molecular weight is 953 g/mol. The molecule has 4 aliphatic heterocycles. The number of piperidine rings is 2. The van der Waals surface area contributed by atoms with Gasteiger partial charge in [-0.2, -0.15) is 0 Å². The number of amides is 2. The number of hydrogen-bond acceptors (Lipinski definition) is 12. The maximum absolute atomic E-state index is 13.0. The van der Waals surface area contributed by atoms with Gasteiger partial charge >= 0.3 is 0 Å². The standard InChI is InChI=1S/2C27H32N4O4/c2*1-28-26(33)27(9-8-20-6-7-23-24(18-20)35-17-16-34-23)10-12-30(13-11-27)14-15-31-22-5-3-2-4-21(22)29-19-25(31)32/h2*2-7,18-19H,8-17H2,1H3,(H,28,33). The van der Waals surface area contributed by atoms with Gasteiger partial charge in [0.25, 0.3) is 11.1 Å². The first kappa shape index (κ1) is 48.3. The third-order valence-electron chi connectivity index (χ3n) is 14.8. The highest BCUT2D eigenvalue weighted by Crippen LogP contribution is 2.40. The molecule has 0 radical (unpaired) electrons. The van der Waals surface area contributed by atoms with E-state index in [4.69, 9.17) is 18.9 Å². The molecule has 4 aromatic carbocycles. The molecule has 0 aliphatic carbocycles. The minimum absolute atomic E-state index is 0.0835. The van der Waals surface area contributed by atoms with Crippen LogP contribution in [0.2, 0.25) is 0 Å². The Hall–Kier alpha value is -6.78. The van der Waals surface area contributed by atoms with Crippen LogP contribution in [-0.4, -0.2) is 121 Å². The summed E-state index contributed by atoms with van der Waals surface area (Å²) in [4.78, 5) is 64.1. The van der Waals surface area contributed by atoms with E-state index >= 15 is 0 Å². The molecule has 6 heterocycles. The van der Waals surface area contributed by atoms with Gasteiger partial charge in [0, 0.05) is 40.3 Å². The van der Waals surface area contributed by atoms with Gasteiger partial charge in [-0.25, -0.2) is 9.97 Å². The monoisotopic (exact) mass is 952 g/mol. The number of para-hydroxylation sites is 4. The van der Waals surface area contributed by atoms with Crippen molar-refractivity contribution in [2.24, 2.45) is 10.8 Å². The topological polar surface area (TPSA) is 171 Å². The first-order valence-electron chi connectivity index (χ1n) is 24.7. The van der Waals surface area contributed by atoms with E-state index in [0.717, 1.165) is 147 Å². The van der Waals surface area contributed by atoms with Crippen LogP contribution in [0.5, 0.6) is 23.0 Å². The fourth-order valence-corrected chi connectivity index (χ4v) is 10.5. The van der Waals surface area contributed by atoms with E-state index in [1.165, 1.54) is 12.4 Å². The summed E-state index contributed by atoms with van der Waals surface area (Å²) in [7, 11) is 3.45. The van der Waals surface area contributed by atoms with Crippen LogP contribution in [0.3, 0.4) is 0 Å². The zero-order chi connectivity index (χ0) is 48.5. The SMILES string of the molecule is CNC(=O)C1(CCc2ccc3c(c2)OCCO3)CCN(CCn2c(=O)cnc3ccccc32)CC1.CNC(=O)C1(CCc2ccc3c(c2)OCCO3)CCN(CCn2c(=O)cnc3ccccc32)CC1. The van der Waals surface area contributed by atoms with Crippen LogP contribution in [0.25, 0.3) is 22.1 Å². The molecule has 70 heavy (non-hydrogen) atoms. The van der Waals surface area contributed by atoms with Gasteiger partial charge in [-0.15, -0.1) is 0 Å². The molecule has 10 rings (SSSR count). The van der Waals surface area contributed by atoms with Crippen LogP contribution in [-0.2, 0) is 35.5 Å². The fourth-order valence-electron chi connectivity index (χ4n) is 10.5. The molecule has 0 atom stereocenters. The molecule has 0 unspecified atom stereocenters. The van der Waals surface area contributed by atoms with Crippen LogP contribution in [0.4, 0.5) is 0 Å². The van der Waals surface area contributed by atoms with Gasteiger partial charge in [-0.3, -0.25) is 19.2 Å². The number of hydrogen-bond donors (Lipinski definition) is 2. The van der Waals surface area contributed by atoms with Crippen molar-refractivity contribution < 1.29 is 28.5 Å². The van der Waals surface area contributed by atoms with Gasteiger partial charge in [0.1, 0.15) is 26.4 Å². The fraction of sp³-hybridized carbons (Fsp3) is 0.444. The van der Waals surface area contributed by atoms with Crippen LogP contribution < -0.4 is 40.7 Å². The number of nitrogens with one attached hydrogen (secondary N) is 2. The number of carbonyl (C=O) groups is 2. The zero-order valence-electron chi connectivity index (χ0n) is 40.3. The van der Waals surface area contributed by atoms with Crippen LogP contribution in [0.1, 0.15) is 49.7 Å². The first-order chi connectivity index (χ1) is 34.2. The summed E-state index contributed by atoms with van der Waals surface area (Å²) >= 11 is 0. The quantitative estimate of drug-likeness (QED) is 0.146. The maximum atomic E-state index is 13.0. The summed E-state index contributed by atoms with van der Waals surface area (Å²) < 4.78 is 26.3. The van der Waals surface area contributed by atoms with Gasteiger partial charge in [0.05, 0.1) is 45.3 Å². The molecular weight excluding hydrogens is 889 g/mol. The van der Waals surface area contributed by atoms with Crippen LogP contribution >= 0.6 is 0 Å². The van der Waals surface area contributed by atoms with Crippen LogP contribution in [0, 0.1) is 10.8 Å². The van der Waals surface area contributed by atoms with Gasteiger partial charge in [-0.1, -0.05) is 36.4 Å². The summed E-state index contributed by atoms with van der Waals surface area (Å²) in [6, 6.07) is 27.6. The Kier molecular flexibility index (Phi) is 15.1.